The first-order valence-electron chi connectivity index (χ1n) is 10.2. The predicted molar refractivity (Wildman–Crippen MR) is 124 cm³/mol. The molecule has 32 heavy (non-hydrogen) atoms. The number of fused-ring (bicyclic) bond motifs is 1. The van der Waals surface area contributed by atoms with Gasteiger partial charge >= 0.3 is 0 Å². The molecule has 0 spiro atoms. The van der Waals surface area contributed by atoms with Gasteiger partial charge in [-0.1, -0.05) is 29.8 Å². The van der Waals surface area contributed by atoms with Crippen LogP contribution in [0.25, 0.3) is 11.0 Å². The van der Waals surface area contributed by atoms with E-state index in [4.69, 9.17) is 13.9 Å². The van der Waals surface area contributed by atoms with E-state index in [1.165, 1.54) is 6.26 Å². The van der Waals surface area contributed by atoms with Crippen molar-refractivity contribution in [2.75, 3.05) is 11.9 Å². The minimum Gasteiger partial charge on any atom is -0.484 e. The van der Waals surface area contributed by atoms with Crippen molar-refractivity contribution in [1.29, 1.82) is 0 Å². The zero-order valence-electron chi connectivity index (χ0n) is 18.1. The molecule has 4 aromatic rings. The van der Waals surface area contributed by atoms with Crippen LogP contribution < -0.4 is 20.2 Å². The Morgan fingerprint density at radius 3 is 2.44 bits per heavy atom. The molecule has 1 amide bonds. The van der Waals surface area contributed by atoms with Crippen LogP contribution in [0.15, 0.2) is 76.1 Å². The summed E-state index contributed by atoms with van der Waals surface area (Å²) in [6.07, 6.45) is 1.29. The molecule has 6 heteroatoms. The number of anilines is 1. The molecule has 0 aliphatic rings. The van der Waals surface area contributed by atoms with Gasteiger partial charge in [0, 0.05) is 11.8 Å². The minimum absolute atomic E-state index is 0.109. The lowest BCUT2D eigenvalue weighted by Crippen LogP contribution is -2.20. The molecule has 1 N–H and O–H groups in total. The van der Waals surface area contributed by atoms with Crippen LogP contribution in [0, 0.1) is 20.8 Å². The van der Waals surface area contributed by atoms with Gasteiger partial charge in [-0.05, 0) is 62.2 Å². The Bertz CT molecular complexity index is 1340. The van der Waals surface area contributed by atoms with Gasteiger partial charge < -0.3 is 19.2 Å². The monoisotopic (exact) mass is 429 g/mol. The van der Waals surface area contributed by atoms with Crippen molar-refractivity contribution < 1.29 is 18.7 Å². The molecule has 0 atom stereocenters. The van der Waals surface area contributed by atoms with Crippen molar-refractivity contribution in [3.05, 3.63) is 93.8 Å². The molecule has 0 bridgehead atoms. The lowest BCUT2D eigenvalue weighted by Gasteiger charge is -2.10. The topological polar surface area (TPSA) is 77.8 Å². The summed E-state index contributed by atoms with van der Waals surface area (Å²) >= 11 is 0. The molecule has 0 aliphatic heterocycles. The zero-order valence-corrected chi connectivity index (χ0v) is 18.1. The van der Waals surface area contributed by atoms with Crippen molar-refractivity contribution >= 4 is 22.6 Å². The average molecular weight is 429 g/mol. The number of rotatable bonds is 6. The van der Waals surface area contributed by atoms with Crippen LogP contribution in [0.4, 0.5) is 5.69 Å². The quantitative estimate of drug-likeness (QED) is 0.436. The predicted octanol–water partition coefficient (Wildman–Crippen LogP) is 5.53. The fraction of sp³-hybridized carbons (Fsp3) is 0.154. The molecule has 0 aliphatic carbocycles. The molecule has 162 valence electrons. The van der Waals surface area contributed by atoms with Gasteiger partial charge in [0.25, 0.3) is 5.91 Å². The van der Waals surface area contributed by atoms with E-state index < -0.39 is 0 Å². The molecule has 0 saturated heterocycles. The highest BCUT2D eigenvalue weighted by Gasteiger charge is 2.12. The number of carbonyl (C=O) groups is 1. The van der Waals surface area contributed by atoms with Crippen molar-refractivity contribution in [1.82, 2.24) is 0 Å². The SMILES string of the molecule is Cc1ccc(NC(=O)COc2ccc3c(=O)c(Oc4cc(C)ccc4C)coc3c2)cc1. The van der Waals surface area contributed by atoms with E-state index in [0.717, 1.165) is 16.7 Å². The summed E-state index contributed by atoms with van der Waals surface area (Å²) in [5.74, 6) is 0.851. The van der Waals surface area contributed by atoms with Gasteiger partial charge in [-0.3, -0.25) is 9.59 Å². The van der Waals surface area contributed by atoms with Crippen LogP contribution in [-0.4, -0.2) is 12.5 Å². The minimum atomic E-state index is -0.285. The van der Waals surface area contributed by atoms with E-state index in [9.17, 15) is 9.59 Å². The average Bonchev–Trinajstić information content (AvgIpc) is 2.78. The highest BCUT2D eigenvalue weighted by Crippen LogP contribution is 2.27. The molecule has 0 unspecified atom stereocenters. The van der Waals surface area contributed by atoms with Crippen LogP contribution in [-0.2, 0) is 4.79 Å². The third-order valence-electron chi connectivity index (χ3n) is 4.98. The first kappa shape index (κ1) is 21.2. The number of hydrogen-bond donors (Lipinski definition) is 1. The van der Waals surface area contributed by atoms with Gasteiger partial charge in [0.2, 0.25) is 11.2 Å². The molecular weight excluding hydrogens is 406 g/mol. The molecule has 1 heterocycles. The van der Waals surface area contributed by atoms with E-state index >= 15 is 0 Å². The lowest BCUT2D eigenvalue weighted by molar-refractivity contribution is -0.118. The standard InChI is InChI=1S/C26H23NO5/c1-16-5-8-19(9-6-16)27-25(28)15-30-20-10-11-21-23(13-20)31-14-24(26(21)29)32-22-12-17(2)4-7-18(22)3/h4-14H,15H2,1-3H3,(H,27,28). The molecule has 0 fully saturated rings. The van der Waals surface area contributed by atoms with Crippen LogP contribution in [0.2, 0.25) is 0 Å². The second-order valence-electron chi connectivity index (χ2n) is 7.66. The van der Waals surface area contributed by atoms with Gasteiger partial charge in [-0.25, -0.2) is 0 Å². The van der Waals surface area contributed by atoms with Crippen molar-refractivity contribution in [2.45, 2.75) is 20.8 Å². The summed E-state index contributed by atoms with van der Waals surface area (Å²) in [5, 5.41) is 3.14. The maximum Gasteiger partial charge on any atom is 0.262 e. The maximum absolute atomic E-state index is 12.8. The molecule has 1 aromatic heterocycles. The number of nitrogens with one attached hydrogen (secondary N) is 1. The van der Waals surface area contributed by atoms with Gasteiger partial charge in [0.1, 0.15) is 23.3 Å². The summed E-state index contributed by atoms with van der Waals surface area (Å²) in [6, 6.07) is 18.1. The van der Waals surface area contributed by atoms with E-state index in [2.05, 4.69) is 5.32 Å². The lowest BCUT2D eigenvalue weighted by atomic mass is 10.1. The second kappa shape index (κ2) is 8.98. The summed E-state index contributed by atoms with van der Waals surface area (Å²) in [7, 11) is 0. The number of amides is 1. The Labute approximate surface area is 185 Å². The third kappa shape index (κ3) is 4.81. The van der Waals surface area contributed by atoms with Gasteiger partial charge in [-0.15, -0.1) is 0 Å². The van der Waals surface area contributed by atoms with Crippen LogP contribution in [0.3, 0.4) is 0 Å². The van der Waals surface area contributed by atoms with Crippen LogP contribution in [0.5, 0.6) is 17.2 Å². The number of aryl methyl sites for hydroxylation is 3. The molecule has 3 aromatic carbocycles. The van der Waals surface area contributed by atoms with E-state index in [1.54, 1.807) is 18.2 Å². The van der Waals surface area contributed by atoms with Crippen LogP contribution >= 0.6 is 0 Å². The first-order valence-corrected chi connectivity index (χ1v) is 10.2. The molecule has 6 nitrogen and oxygen atoms in total. The van der Waals surface area contributed by atoms with Crippen molar-refractivity contribution in [2.24, 2.45) is 0 Å². The van der Waals surface area contributed by atoms with Gasteiger partial charge in [0.15, 0.2) is 6.61 Å². The Hall–Kier alpha value is -4.06. The number of carbonyl (C=O) groups excluding carboxylic acids is 1. The fourth-order valence-corrected chi connectivity index (χ4v) is 3.17. The maximum atomic E-state index is 12.8. The highest BCUT2D eigenvalue weighted by molar-refractivity contribution is 5.92. The summed E-state index contributed by atoms with van der Waals surface area (Å²) < 4.78 is 17.0. The van der Waals surface area contributed by atoms with E-state index in [0.29, 0.717) is 28.2 Å². The highest BCUT2D eigenvalue weighted by atomic mass is 16.5. The third-order valence-corrected chi connectivity index (χ3v) is 4.98. The second-order valence-corrected chi connectivity index (χ2v) is 7.66. The summed E-state index contributed by atoms with van der Waals surface area (Å²) in [5.41, 5.74) is 3.83. The Morgan fingerprint density at radius 1 is 0.906 bits per heavy atom. The number of ether oxygens (including phenoxy) is 2. The van der Waals surface area contributed by atoms with Gasteiger partial charge in [-0.2, -0.15) is 0 Å². The fourth-order valence-electron chi connectivity index (χ4n) is 3.17. The largest absolute Gasteiger partial charge is 0.484 e. The van der Waals surface area contributed by atoms with Crippen LogP contribution in [0.1, 0.15) is 16.7 Å². The smallest absolute Gasteiger partial charge is 0.262 e. The Balaban J connectivity index is 1.47. The molecule has 0 saturated carbocycles. The summed E-state index contributed by atoms with van der Waals surface area (Å²) in [4.78, 5) is 25.0. The van der Waals surface area contributed by atoms with E-state index in [-0.39, 0.29) is 23.7 Å². The Kier molecular flexibility index (Phi) is 5.94. The zero-order chi connectivity index (χ0) is 22.7. The summed E-state index contributed by atoms with van der Waals surface area (Å²) in [6.45, 7) is 5.68. The number of benzene rings is 3. The van der Waals surface area contributed by atoms with Gasteiger partial charge in [0.05, 0.1) is 5.39 Å². The van der Waals surface area contributed by atoms with Crippen molar-refractivity contribution in [3.8, 4) is 17.2 Å². The molecule has 4 rings (SSSR count). The number of hydrogen-bond acceptors (Lipinski definition) is 5. The normalized spacial score (nSPS) is 10.7. The van der Waals surface area contributed by atoms with Crippen molar-refractivity contribution in [3.63, 3.8) is 0 Å². The van der Waals surface area contributed by atoms with E-state index in [1.807, 2.05) is 63.2 Å². The first-order chi connectivity index (χ1) is 15.4. The molecule has 0 radical (unpaired) electrons. The molecular formula is C26H23NO5. The Morgan fingerprint density at radius 2 is 1.66 bits per heavy atom.